The molecule has 0 spiro atoms. The topological polar surface area (TPSA) is 35.8 Å². The number of hydrogen-bond acceptors (Lipinski definition) is 2. The summed E-state index contributed by atoms with van der Waals surface area (Å²) in [5.74, 6) is 0. The molecule has 2 heteroatoms. The predicted molar refractivity (Wildman–Crippen MR) is 54.0 cm³/mol. The molecular formula is C11H18N2. The molecule has 0 aromatic carbocycles. The van der Waals surface area contributed by atoms with Gasteiger partial charge in [-0.05, 0) is 26.2 Å². The summed E-state index contributed by atoms with van der Waals surface area (Å²) < 4.78 is 0. The van der Waals surface area contributed by atoms with Crippen molar-refractivity contribution in [2.75, 3.05) is 0 Å². The summed E-state index contributed by atoms with van der Waals surface area (Å²) in [7, 11) is 0. The highest BCUT2D eigenvalue weighted by Gasteiger charge is 2.16. The molecular weight excluding hydrogens is 160 g/mol. The van der Waals surface area contributed by atoms with E-state index in [1.165, 1.54) is 19.3 Å². The van der Waals surface area contributed by atoms with E-state index in [-0.39, 0.29) is 0 Å². The number of hydrogen-bond donors (Lipinski definition) is 1. The third kappa shape index (κ3) is 2.77. The summed E-state index contributed by atoms with van der Waals surface area (Å²) in [5.41, 5.74) is 2.03. The molecule has 0 aromatic rings. The van der Waals surface area contributed by atoms with E-state index in [0.29, 0.717) is 6.04 Å². The largest absolute Gasteiger partial charge is 0.385 e. The Labute approximate surface area is 80.6 Å². The van der Waals surface area contributed by atoms with E-state index in [2.05, 4.69) is 18.3 Å². The molecule has 0 aliphatic carbocycles. The molecule has 0 amide bonds. The predicted octanol–water partition coefficient (Wildman–Crippen LogP) is 2.73. The first-order valence-electron chi connectivity index (χ1n) is 5.14. The van der Waals surface area contributed by atoms with Gasteiger partial charge in [-0.1, -0.05) is 19.8 Å². The quantitative estimate of drug-likeness (QED) is 0.721. The molecule has 13 heavy (non-hydrogen) atoms. The monoisotopic (exact) mass is 178 g/mol. The second-order valence-corrected chi connectivity index (χ2v) is 3.74. The van der Waals surface area contributed by atoms with Gasteiger partial charge in [-0.25, -0.2) is 0 Å². The van der Waals surface area contributed by atoms with Crippen LogP contribution in [0.5, 0.6) is 0 Å². The van der Waals surface area contributed by atoms with Crippen LogP contribution in [0, 0.1) is 11.3 Å². The van der Waals surface area contributed by atoms with Crippen LogP contribution < -0.4 is 5.32 Å². The lowest BCUT2D eigenvalue weighted by atomic mass is 9.96. The molecule has 1 N–H and O–H groups in total. The first kappa shape index (κ1) is 10.1. The van der Waals surface area contributed by atoms with E-state index in [0.717, 1.165) is 24.1 Å². The Kier molecular flexibility index (Phi) is 3.82. The third-order valence-corrected chi connectivity index (χ3v) is 2.66. The number of nitrogens with one attached hydrogen (secondary N) is 1. The van der Waals surface area contributed by atoms with Crippen LogP contribution in [0.3, 0.4) is 0 Å². The van der Waals surface area contributed by atoms with Crippen molar-refractivity contribution in [2.45, 2.75) is 52.0 Å². The molecule has 1 heterocycles. The van der Waals surface area contributed by atoms with Gasteiger partial charge >= 0.3 is 0 Å². The lowest BCUT2D eigenvalue weighted by Gasteiger charge is -2.25. The van der Waals surface area contributed by atoms with Crippen molar-refractivity contribution in [3.8, 4) is 6.07 Å². The van der Waals surface area contributed by atoms with Crippen LogP contribution in [0.4, 0.5) is 0 Å². The number of rotatable bonds is 3. The van der Waals surface area contributed by atoms with Gasteiger partial charge in [-0.15, -0.1) is 0 Å². The van der Waals surface area contributed by atoms with E-state index in [1.54, 1.807) is 0 Å². The highest BCUT2D eigenvalue weighted by molar-refractivity contribution is 5.28. The van der Waals surface area contributed by atoms with E-state index < -0.39 is 0 Å². The Bertz CT molecular complexity index is 235. The summed E-state index contributed by atoms with van der Waals surface area (Å²) in [6.07, 6.45) is 5.87. The first-order chi connectivity index (χ1) is 6.27. The molecule has 1 aliphatic rings. The fraction of sp³-hybridized carbons (Fsp3) is 0.727. The number of allylic oxidation sites excluding steroid dienone is 2. The van der Waals surface area contributed by atoms with Gasteiger partial charge in [0.25, 0.3) is 0 Å². The van der Waals surface area contributed by atoms with Crippen molar-refractivity contribution < 1.29 is 0 Å². The van der Waals surface area contributed by atoms with Gasteiger partial charge in [0.2, 0.25) is 0 Å². The number of nitriles is 1. The minimum absolute atomic E-state index is 0.608. The Balaban J connectivity index is 2.44. The standard InChI is InChI=1S/C11H18N2/c1-3-4-5-11-7-6-10(8-12)9(2)13-11/h11,13H,3-7H2,1-2H3. The summed E-state index contributed by atoms with van der Waals surface area (Å²) in [6.45, 7) is 4.23. The summed E-state index contributed by atoms with van der Waals surface area (Å²) in [4.78, 5) is 0. The SMILES string of the molecule is CCCCC1CCC(C#N)=C(C)N1. The third-order valence-electron chi connectivity index (χ3n) is 2.66. The minimum atomic E-state index is 0.608. The van der Waals surface area contributed by atoms with Gasteiger partial charge in [-0.3, -0.25) is 0 Å². The van der Waals surface area contributed by atoms with Gasteiger partial charge < -0.3 is 5.32 Å². The van der Waals surface area contributed by atoms with Gasteiger partial charge in [0.15, 0.2) is 0 Å². The molecule has 1 atom stereocenters. The maximum atomic E-state index is 8.78. The highest BCUT2D eigenvalue weighted by atomic mass is 14.9. The lowest BCUT2D eigenvalue weighted by molar-refractivity contribution is 0.453. The Morgan fingerprint density at radius 1 is 1.62 bits per heavy atom. The van der Waals surface area contributed by atoms with Crippen molar-refractivity contribution in [1.29, 1.82) is 5.26 Å². The number of nitrogens with zero attached hydrogens (tertiary/aromatic N) is 1. The van der Waals surface area contributed by atoms with Crippen LogP contribution in [-0.2, 0) is 0 Å². The maximum Gasteiger partial charge on any atom is 0.0965 e. The molecule has 1 rings (SSSR count). The van der Waals surface area contributed by atoms with E-state index in [4.69, 9.17) is 5.26 Å². The fourth-order valence-electron chi connectivity index (χ4n) is 1.78. The zero-order valence-corrected chi connectivity index (χ0v) is 8.56. The summed E-state index contributed by atoms with van der Waals surface area (Å²) in [5, 5.41) is 12.2. The van der Waals surface area contributed by atoms with Crippen molar-refractivity contribution in [3.05, 3.63) is 11.3 Å². The molecule has 1 aliphatic heterocycles. The van der Waals surface area contributed by atoms with Crippen LogP contribution >= 0.6 is 0 Å². The molecule has 0 saturated carbocycles. The van der Waals surface area contributed by atoms with Crippen molar-refractivity contribution in [1.82, 2.24) is 5.32 Å². The van der Waals surface area contributed by atoms with E-state index in [9.17, 15) is 0 Å². The van der Waals surface area contributed by atoms with E-state index >= 15 is 0 Å². The van der Waals surface area contributed by atoms with Gasteiger partial charge in [0.05, 0.1) is 6.07 Å². The second kappa shape index (κ2) is 4.91. The van der Waals surface area contributed by atoms with Crippen molar-refractivity contribution in [3.63, 3.8) is 0 Å². The molecule has 2 nitrogen and oxygen atoms in total. The van der Waals surface area contributed by atoms with Crippen LogP contribution in [0.1, 0.15) is 46.0 Å². The molecule has 0 radical (unpaired) electrons. The van der Waals surface area contributed by atoms with Crippen LogP contribution in [0.2, 0.25) is 0 Å². The molecule has 1 unspecified atom stereocenters. The normalized spacial score (nSPS) is 22.4. The second-order valence-electron chi connectivity index (χ2n) is 3.74. The van der Waals surface area contributed by atoms with Crippen LogP contribution in [0.25, 0.3) is 0 Å². The Morgan fingerprint density at radius 3 is 2.92 bits per heavy atom. The summed E-state index contributed by atoms with van der Waals surface area (Å²) >= 11 is 0. The highest BCUT2D eigenvalue weighted by Crippen LogP contribution is 2.20. The van der Waals surface area contributed by atoms with Gasteiger partial charge in [0, 0.05) is 17.3 Å². The van der Waals surface area contributed by atoms with E-state index in [1.807, 2.05) is 6.92 Å². The smallest absolute Gasteiger partial charge is 0.0965 e. The molecule has 0 saturated heterocycles. The van der Waals surface area contributed by atoms with Crippen LogP contribution in [0.15, 0.2) is 11.3 Å². The minimum Gasteiger partial charge on any atom is -0.385 e. The summed E-state index contributed by atoms with van der Waals surface area (Å²) in [6, 6.07) is 2.86. The maximum absolute atomic E-state index is 8.78. The lowest BCUT2D eigenvalue weighted by Crippen LogP contribution is -2.31. The van der Waals surface area contributed by atoms with Crippen molar-refractivity contribution in [2.24, 2.45) is 0 Å². The molecule has 0 bridgehead atoms. The number of unbranched alkanes of at least 4 members (excludes halogenated alkanes) is 1. The molecule has 0 fully saturated rings. The average Bonchev–Trinajstić information content (AvgIpc) is 2.15. The van der Waals surface area contributed by atoms with Gasteiger partial charge in [0.1, 0.15) is 0 Å². The Morgan fingerprint density at radius 2 is 2.38 bits per heavy atom. The first-order valence-corrected chi connectivity index (χ1v) is 5.14. The van der Waals surface area contributed by atoms with Crippen molar-refractivity contribution >= 4 is 0 Å². The van der Waals surface area contributed by atoms with Crippen LogP contribution in [-0.4, -0.2) is 6.04 Å². The Hall–Kier alpha value is -0.970. The zero-order chi connectivity index (χ0) is 9.68. The molecule has 72 valence electrons. The fourth-order valence-corrected chi connectivity index (χ4v) is 1.78. The zero-order valence-electron chi connectivity index (χ0n) is 8.56. The average molecular weight is 178 g/mol. The van der Waals surface area contributed by atoms with Gasteiger partial charge in [-0.2, -0.15) is 5.26 Å². The molecule has 0 aromatic heterocycles.